The van der Waals surface area contributed by atoms with Gasteiger partial charge in [-0.2, -0.15) is 0 Å². The number of thiazole rings is 1. The highest BCUT2D eigenvalue weighted by Crippen LogP contribution is 2.41. The van der Waals surface area contributed by atoms with Gasteiger partial charge in [-0.3, -0.25) is 14.2 Å². The summed E-state index contributed by atoms with van der Waals surface area (Å²) in [6.45, 7) is 13.6. The molecule has 5 aromatic rings. The number of H-pyrrole nitrogens is 1. The fourth-order valence-electron chi connectivity index (χ4n) is 7.12. The lowest BCUT2D eigenvalue weighted by atomic mass is 9.92. The Balaban J connectivity index is 1.03. The molecule has 3 aromatic heterocycles. The Morgan fingerprint density at radius 2 is 1.85 bits per heavy atom. The minimum atomic E-state index is -2.22. The van der Waals surface area contributed by atoms with Crippen molar-refractivity contribution in [2.24, 2.45) is 0 Å². The van der Waals surface area contributed by atoms with Crippen LogP contribution < -0.4 is 15.7 Å². The third kappa shape index (κ3) is 9.67. The SMILES string of the molecule is CN(CCCn1c(=O)sc2cc(CNC[C@H](O[Si](C)(C)C(C)(C)C)c3ccc(O)c4[nH]c(=O)ccc34)ccc21)C1CCC(OC(=O)C(O)c2cccs2)CC1. The summed E-state index contributed by atoms with van der Waals surface area (Å²) in [4.78, 5) is 43.4. The lowest BCUT2D eigenvalue weighted by Gasteiger charge is -2.39. The Morgan fingerprint density at radius 3 is 2.56 bits per heavy atom. The van der Waals surface area contributed by atoms with Gasteiger partial charge in [0, 0.05) is 42.0 Å². The average Bonchev–Trinajstić information content (AvgIpc) is 3.79. The number of aromatic amines is 1. The molecule has 1 fully saturated rings. The van der Waals surface area contributed by atoms with Crippen molar-refractivity contribution in [1.29, 1.82) is 0 Å². The monoisotopic (exact) mass is 806 g/mol. The molecule has 55 heavy (non-hydrogen) atoms. The van der Waals surface area contributed by atoms with Gasteiger partial charge < -0.3 is 34.6 Å². The van der Waals surface area contributed by atoms with Gasteiger partial charge in [-0.15, -0.1) is 11.3 Å². The van der Waals surface area contributed by atoms with Crippen molar-refractivity contribution < 1.29 is 24.2 Å². The van der Waals surface area contributed by atoms with Crippen LogP contribution in [0.15, 0.2) is 69.6 Å². The van der Waals surface area contributed by atoms with E-state index >= 15 is 0 Å². The number of aliphatic hydroxyl groups is 1. The van der Waals surface area contributed by atoms with E-state index in [0.29, 0.717) is 36.1 Å². The van der Waals surface area contributed by atoms with E-state index in [-0.39, 0.29) is 33.4 Å². The normalized spacial score (nSPS) is 17.9. The number of carbonyl (C=O) groups excluding carboxylic acids is 1. The fourth-order valence-corrected chi connectivity index (χ4v) is 10.1. The van der Waals surface area contributed by atoms with Crippen molar-refractivity contribution in [3.05, 3.63) is 96.0 Å². The number of hydrogen-bond donors (Lipinski definition) is 4. The van der Waals surface area contributed by atoms with Crippen LogP contribution in [0, 0.1) is 0 Å². The fraction of sp³-hybridized carbons (Fsp3) is 0.488. The molecule has 296 valence electrons. The highest BCUT2D eigenvalue weighted by molar-refractivity contribution is 7.16. The number of ether oxygens (including phenoxy) is 1. The van der Waals surface area contributed by atoms with Gasteiger partial charge in [-0.05, 0) is 111 Å². The summed E-state index contributed by atoms with van der Waals surface area (Å²) in [5, 5.41) is 27.0. The maximum atomic E-state index is 13.1. The van der Waals surface area contributed by atoms with Crippen LogP contribution in [-0.4, -0.2) is 71.2 Å². The number of phenols is 1. The smallest absolute Gasteiger partial charge is 0.340 e. The molecule has 14 heteroatoms. The lowest BCUT2D eigenvalue weighted by Crippen LogP contribution is -2.43. The number of nitrogens with zero attached hydrogens (tertiary/aromatic N) is 2. The lowest BCUT2D eigenvalue weighted by molar-refractivity contribution is -0.161. The van der Waals surface area contributed by atoms with Gasteiger partial charge >= 0.3 is 10.8 Å². The number of esters is 1. The van der Waals surface area contributed by atoms with Crippen molar-refractivity contribution in [3.8, 4) is 5.75 Å². The van der Waals surface area contributed by atoms with Gasteiger partial charge in [0.05, 0.1) is 21.8 Å². The van der Waals surface area contributed by atoms with Crippen molar-refractivity contribution in [2.45, 2.75) is 108 Å². The summed E-state index contributed by atoms with van der Waals surface area (Å²) in [5.74, 6) is -0.551. The zero-order valence-corrected chi connectivity index (χ0v) is 35.2. The minimum Gasteiger partial charge on any atom is -0.506 e. The quantitative estimate of drug-likeness (QED) is 0.0627. The number of nitrogens with one attached hydrogen (secondary N) is 2. The van der Waals surface area contributed by atoms with Gasteiger partial charge in [-0.25, -0.2) is 4.79 Å². The average molecular weight is 807 g/mol. The van der Waals surface area contributed by atoms with Crippen LogP contribution in [-0.2, 0) is 27.0 Å². The molecular weight excluding hydrogens is 753 g/mol. The van der Waals surface area contributed by atoms with E-state index in [1.807, 2.05) is 28.1 Å². The van der Waals surface area contributed by atoms with Crippen molar-refractivity contribution in [3.63, 3.8) is 0 Å². The van der Waals surface area contributed by atoms with E-state index in [1.54, 1.807) is 18.2 Å². The molecule has 0 saturated heterocycles. The Hall–Kier alpha value is -3.63. The zero-order valence-electron chi connectivity index (χ0n) is 32.6. The van der Waals surface area contributed by atoms with Crippen LogP contribution in [0.25, 0.3) is 21.1 Å². The second kappa shape index (κ2) is 17.2. The van der Waals surface area contributed by atoms with E-state index in [2.05, 4.69) is 68.2 Å². The van der Waals surface area contributed by atoms with Crippen LogP contribution in [0.5, 0.6) is 5.75 Å². The third-order valence-corrected chi connectivity index (χ3v) is 17.7. The molecule has 0 spiro atoms. The van der Waals surface area contributed by atoms with Gasteiger partial charge in [0.25, 0.3) is 0 Å². The first-order valence-corrected chi connectivity index (χ1v) is 23.7. The van der Waals surface area contributed by atoms with Crippen LogP contribution in [0.1, 0.15) is 81.1 Å². The number of aromatic hydroxyl groups is 1. The maximum Gasteiger partial charge on any atom is 0.340 e. The van der Waals surface area contributed by atoms with Crippen molar-refractivity contribution in [2.75, 3.05) is 20.1 Å². The van der Waals surface area contributed by atoms with Crippen LogP contribution in [0.4, 0.5) is 0 Å². The zero-order chi connectivity index (χ0) is 39.5. The standard InChI is InChI=1S/C41H54N4O7S2Si/c1-41(2,3)55(5,6)52-33(29-15-18-32(46)37-30(29)16-19-36(47)43-37)25-42-24-26-10-17-31-35(23-26)54-40(50)45(31)21-8-20-44(4)27-11-13-28(14-12-27)51-39(49)38(48)34-9-7-22-53-34/h7,9-10,15-19,22-23,27-28,33,38,42,46,48H,8,11-14,20-21,24-25H2,1-6H3,(H,43,47)/t27?,28?,33-,38?/m0/s1. The molecule has 0 bridgehead atoms. The molecule has 1 aliphatic rings. The van der Waals surface area contributed by atoms with Crippen molar-refractivity contribution >= 4 is 58.1 Å². The predicted molar refractivity (Wildman–Crippen MR) is 224 cm³/mol. The molecule has 1 unspecified atom stereocenters. The van der Waals surface area contributed by atoms with Crippen LogP contribution in [0.2, 0.25) is 18.1 Å². The Kier molecular flexibility index (Phi) is 12.9. The maximum absolute atomic E-state index is 13.1. The second-order valence-corrected chi connectivity index (χ2v) is 23.0. The van der Waals surface area contributed by atoms with E-state index < -0.39 is 20.4 Å². The van der Waals surface area contributed by atoms with Gasteiger partial charge in [0.1, 0.15) is 11.9 Å². The predicted octanol–water partition coefficient (Wildman–Crippen LogP) is 7.43. The first-order chi connectivity index (χ1) is 26.1. The van der Waals surface area contributed by atoms with E-state index in [1.165, 1.54) is 28.7 Å². The molecule has 0 amide bonds. The van der Waals surface area contributed by atoms with Crippen LogP contribution >= 0.6 is 22.7 Å². The largest absolute Gasteiger partial charge is 0.506 e. The number of rotatable bonds is 15. The minimum absolute atomic E-state index is 0.0219. The molecule has 1 aliphatic carbocycles. The molecule has 0 aliphatic heterocycles. The second-order valence-electron chi connectivity index (χ2n) is 16.2. The highest BCUT2D eigenvalue weighted by atomic mass is 32.1. The number of hydrogen-bond acceptors (Lipinski definition) is 11. The van der Waals surface area contributed by atoms with Gasteiger partial charge in [0.15, 0.2) is 14.4 Å². The number of thiophene rings is 1. The highest BCUT2D eigenvalue weighted by Gasteiger charge is 2.40. The molecule has 6 rings (SSSR count). The van der Waals surface area contributed by atoms with E-state index in [9.17, 15) is 24.6 Å². The molecule has 3 heterocycles. The summed E-state index contributed by atoms with van der Waals surface area (Å²) in [5.41, 5.74) is 3.03. The third-order valence-electron chi connectivity index (χ3n) is 11.4. The first kappa shape index (κ1) is 41.0. The molecular formula is C41H54N4O7S2Si. The Morgan fingerprint density at radius 1 is 1.09 bits per heavy atom. The molecule has 2 aromatic carbocycles. The molecule has 11 nitrogen and oxygen atoms in total. The number of phenolic OH excluding ortho intramolecular Hbond substituents is 1. The molecule has 1 saturated carbocycles. The van der Waals surface area contributed by atoms with Gasteiger partial charge in [-0.1, -0.05) is 50.3 Å². The van der Waals surface area contributed by atoms with Gasteiger partial charge in [0.2, 0.25) is 5.56 Å². The number of aliphatic hydroxyl groups excluding tert-OH is 1. The van der Waals surface area contributed by atoms with Crippen molar-refractivity contribution in [1.82, 2.24) is 19.8 Å². The Bertz CT molecular complexity index is 2200. The number of aryl methyl sites for hydroxylation is 1. The number of carbonyl (C=O) groups is 1. The molecule has 2 atom stereocenters. The topological polar surface area (TPSA) is 146 Å². The summed E-state index contributed by atoms with van der Waals surface area (Å²) >= 11 is 2.62. The molecule has 0 radical (unpaired) electrons. The summed E-state index contributed by atoms with van der Waals surface area (Å²) < 4.78 is 15.4. The number of fused-ring (bicyclic) bond motifs is 2. The van der Waals surface area contributed by atoms with Crippen LogP contribution in [0.3, 0.4) is 0 Å². The molecule has 4 N–H and O–H groups in total. The van der Waals surface area contributed by atoms with E-state index in [4.69, 9.17) is 9.16 Å². The number of pyridine rings is 1. The number of aromatic nitrogens is 2. The van der Waals surface area contributed by atoms with E-state index in [0.717, 1.165) is 65.4 Å². The summed E-state index contributed by atoms with van der Waals surface area (Å²) in [6.07, 6.45) is 2.48. The number of benzene rings is 2. The Labute approximate surface area is 331 Å². The summed E-state index contributed by atoms with van der Waals surface area (Å²) in [6, 6.07) is 16.8. The summed E-state index contributed by atoms with van der Waals surface area (Å²) in [7, 11) is -0.0938. The first-order valence-electron chi connectivity index (χ1n) is 19.1.